The predicted octanol–water partition coefficient (Wildman–Crippen LogP) is 4.32. The Bertz CT molecular complexity index is 943. The van der Waals surface area contributed by atoms with Crippen LogP contribution in [0.3, 0.4) is 0 Å². The van der Waals surface area contributed by atoms with E-state index >= 15 is 0 Å². The van der Waals surface area contributed by atoms with E-state index < -0.39 is 0 Å². The molecule has 0 spiro atoms. The van der Waals surface area contributed by atoms with E-state index in [1.54, 1.807) is 6.20 Å². The number of hydrogen-bond acceptors (Lipinski definition) is 7. The molecule has 4 rings (SSSR count). The van der Waals surface area contributed by atoms with Crippen LogP contribution in [0.5, 0.6) is 5.75 Å². The highest BCUT2D eigenvalue weighted by Gasteiger charge is 2.16. The third-order valence-electron chi connectivity index (χ3n) is 4.55. The van der Waals surface area contributed by atoms with E-state index in [9.17, 15) is 0 Å². The minimum Gasteiger partial charge on any atom is -0.488 e. The van der Waals surface area contributed by atoms with Crippen LogP contribution in [0.4, 0.5) is 17.3 Å². The molecule has 6 nitrogen and oxygen atoms in total. The number of nitrogens with zero attached hydrogens (tertiary/aromatic N) is 2. The molecular weight excluding hydrogens is 372 g/mol. The number of nitrogens with one attached hydrogen (secondary N) is 1. The maximum atomic E-state index is 6.23. The van der Waals surface area contributed by atoms with Gasteiger partial charge in [0.2, 0.25) is 5.95 Å². The van der Waals surface area contributed by atoms with Crippen LogP contribution in [-0.2, 0) is 4.74 Å². The molecule has 28 heavy (non-hydrogen) atoms. The SMILES string of the molecule is Nc1cc(-c2ccnc(Nc3ccc(S)cc3)n2)ccc1OC1CCOCC1. The van der Waals surface area contributed by atoms with Gasteiger partial charge in [0.25, 0.3) is 0 Å². The third-order valence-corrected chi connectivity index (χ3v) is 4.84. The lowest BCUT2D eigenvalue weighted by Crippen LogP contribution is -2.26. The molecule has 3 N–H and O–H groups in total. The molecule has 1 aliphatic rings. The van der Waals surface area contributed by atoms with Crippen molar-refractivity contribution in [3.63, 3.8) is 0 Å². The lowest BCUT2D eigenvalue weighted by molar-refractivity contribution is 0.0259. The smallest absolute Gasteiger partial charge is 0.227 e. The molecule has 0 atom stereocenters. The Balaban J connectivity index is 1.50. The normalized spacial score (nSPS) is 14.6. The molecule has 1 saturated heterocycles. The van der Waals surface area contributed by atoms with Crippen LogP contribution in [0.1, 0.15) is 12.8 Å². The van der Waals surface area contributed by atoms with Crippen LogP contribution in [0.2, 0.25) is 0 Å². The molecule has 0 saturated carbocycles. The van der Waals surface area contributed by atoms with Gasteiger partial charge in [-0.05, 0) is 48.5 Å². The summed E-state index contributed by atoms with van der Waals surface area (Å²) in [6, 6.07) is 15.3. The molecule has 7 heteroatoms. The van der Waals surface area contributed by atoms with Crippen molar-refractivity contribution in [3.8, 4) is 17.0 Å². The molecule has 3 aromatic rings. The first-order valence-electron chi connectivity index (χ1n) is 9.21. The van der Waals surface area contributed by atoms with E-state index in [0.717, 1.165) is 47.9 Å². The number of nitrogens with two attached hydrogens (primary N) is 1. The van der Waals surface area contributed by atoms with Gasteiger partial charge in [-0.15, -0.1) is 12.6 Å². The van der Waals surface area contributed by atoms with Gasteiger partial charge in [0.15, 0.2) is 0 Å². The number of nitrogen functional groups attached to an aromatic ring is 1. The molecule has 1 aliphatic heterocycles. The Labute approximate surface area is 169 Å². The fourth-order valence-electron chi connectivity index (χ4n) is 3.04. The Morgan fingerprint density at radius 3 is 2.61 bits per heavy atom. The first-order valence-corrected chi connectivity index (χ1v) is 9.65. The maximum absolute atomic E-state index is 6.23. The predicted molar refractivity (Wildman–Crippen MR) is 113 cm³/mol. The van der Waals surface area contributed by atoms with Crippen molar-refractivity contribution in [2.24, 2.45) is 0 Å². The lowest BCUT2D eigenvalue weighted by atomic mass is 10.1. The van der Waals surface area contributed by atoms with E-state index in [1.807, 2.05) is 48.5 Å². The van der Waals surface area contributed by atoms with Crippen molar-refractivity contribution < 1.29 is 9.47 Å². The zero-order chi connectivity index (χ0) is 19.3. The summed E-state index contributed by atoms with van der Waals surface area (Å²) >= 11 is 4.29. The highest BCUT2D eigenvalue weighted by molar-refractivity contribution is 7.80. The molecule has 2 aromatic carbocycles. The van der Waals surface area contributed by atoms with Gasteiger partial charge in [0, 0.05) is 35.2 Å². The fourth-order valence-corrected chi connectivity index (χ4v) is 3.19. The van der Waals surface area contributed by atoms with Crippen molar-refractivity contribution in [3.05, 3.63) is 54.7 Å². The van der Waals surface area contributed by atoms with Crippen LogP contribution in [0.25, 0.3) is 11.3 Å². The van der Waals surface area contributed by atoms with Crippen molar-refractivity contribution >= 4 is 30.0 Å². The van der Waals surface area contributed by atoms with Gasteiger partial charge in [-0.1, -0.05) is 0 Å². The largest absolute Gasteiger partial charge is 0.488 e. The van der Waals surface area contributed by atoms with Gasteiger partial charge in [0.05, 0.1) is 24.6 Å². The van der Waals surface area contributed by atoms with E-state index in [-0.39, 0.29) is 6.10 Å². The first kappa shape index (κ1) is 18.6. The number of aromatic nitrogens is 2. The summed E-state index contributed by atoms with van der Waals surface area (Å²) in [5.74, 6) is 1.22. The number of rotatable bonds is 5. The summed E-state index contributed by atoms with van der Waals surface area (Å²) in [5, 5.41) is 3.20. The van der Waals surface area contributed by atoms with Crippen molar-refractivity contribution in [2.75, 3.05) is 24.3 Å². The van der Waals surface area contributed by atoms with Gasteiger partial charge < -0.3 is 20.5 Å². The molecule has 0 aliphatic carbocycles. The molecule has 0 bridgehead atoms. The monoisotopic (exact) mass is 394 g/mol. The number of ether oxygens (including phenoxy) is 2. The van der Waals surface area contributed by atoms with Crippen LogP contribution in [0, 0.1) is 0 Å². The van der Waals surface area contributed by atoms with E-state index in [0.29, 0.717) is 17.4 Å². The maximum Gasteiger partial charge on any atom is 0.227 e. The van der Waals surface area contributed by atoms with Crippen LogP contribution in [-0.4, -0.2) is 29.3 Å². The minimum absolute atomic E-state index is 0.153. The summed E-state index contributed by atoms with van der Waals surface area (Å²) in [7, 11) is 0. The minimum atomic E-state index is 0.153. The molecule has 1 fully saturated rings. The zero-order valence-electron chi connectivity index (χ0n) is 15.3. The molecule has 0 radical (unpaired) electrons. The zero-order valence-corrected chi connectivity index (χ0v) is 16.2. The number of hydrogen-bond donors (Lipinski definition) is 3. The summed E-state index contributed by atoms with van der Waals surface area (Å²) in [6.45, 7) is 1.46. The average Bonchev–Trinajstić information content (AvgIpc) is 2.72. The first-order chi connectivity index (χ1) is 13.7. The Morgan fingerprint density at radius 2 is 1.86 bits per heavy atom. The standard InChI is InChI=1S/C21H22N4O2S/c22-18-13-14(1-6-20(18)27-16-8-11-26-12-9-16)19-7-10-23-21(25-19)24-15-2-4-17(28)5-3-15/h1-7,10,13,16,28H,8-9,11-12,22H2,(H,23,24,25). The quantitative estimate of drug-likeness (QED) is 0.442. The Kier molecular flexibility index (Phi) is 5.64. The molecule has 144 valence electrons. The molecule has 0 unspecified atom stereocenters. The summed E-state index contributed by atoms with van der Waals surface area (Å²) < 4.78 is 11.4. The van der Waals surface area contributed by atoms with Crippen LogP contribution < -0.4 is 15.8 Å². The molecule has 2 heterocycles. The Morgan fingerprint density at radius 1 is 1.07 bits per heavy atom. The lowest BCUT2D eigenvalue weighted by Gasteiger charge is -2.24. The second-order valence-corrected chi connectivity index (χ2v) is 7.14. The van der Waals surface area contributed by atoms with Crippen molar-refractivity contribution in [1.29, 1.82) is 0 Å². The Hall–Kier alpha value is -2.77. The number of thiol groups is 1. The molecule has 1 aromatic heterocycles. The highest BCUT2D eigenvalue weighted by Crippen LogP contribution is 2.30. The summed E-state index contributed by atoms with van der Waals surface area (Å²) in [4.78, 5) is 9.79. The number of benzene rings is 2. The average molecular weight is 395 g/mol. The third kappa shape index (κ3) is 4.55. The summed E-state index contributed by atoms with van der Waals surface area (Å²) in [5.41, 5.74) is 9.42. The topological polar surface area (TPSA) is 82.3 Å². The van der Waals surface area contributed by atoms with E-state index in [1.165, 1.54) is 0 Å². The van der Waals surface area contributed by atoms with Gasteiger partial charge in [-0.3, -0.25) is 0 Å². The molecular formula is C21H22N4O2S. The fraction of sp³-hybridized carbons (Fsp3) is 0.238. The second-order valence-electron chi connectivity index (χ2n) is 6.62. The van der Waals surface area contributed by atoms with Crippen LogP contribution in [0.15, 0.2) is 59.6 Å². The van der Waals surface area contributed by atoms with Crippen LogP contribution >= 0.6 is 12.6 Å². The molecule has 0 amide bonds. The summed E-state index contributed by atoms with van der Waals surface area (Å²) in [6.07, 6.45) is 3.65. The van der Waals surface area contributed by atoms with Gasteiger partial charge in [-0.25, -0.2) is 9.97 Å². The van der Waals surface area contributed by atoms with Gasteiger partial charge in [-0.2, -0.15) is 0 Å². The van der Waals surface area contributed by atoms with E-state index in [4.69, 9.17) is 15.2 Å². The second kappa shape index (κ2) is 8.50. The van der Waals surface area contributed by atoms with Gasteiger partial charge in [0.1, 0.15) is 11.9 Å². The van der Waals surface area contributed by atoms with Crippen molar-refractivity contribution in [1.82, 2.24) is 9.97 Å². The number of anilines is 3. The van der Waals surface area contributed by atoms with Crippen molar-refractivity contribution in [2.45, 2.75) is 23.8 Å². The van der Waals surface area contributed by atoms with Gasteiger partial charge >= 0.3 is 0 Å². The highest BCUT2D eigenvalue weighted by atomic mass is 32.1. The van der Waals surface area contributed by atoms with E-state index in [2.05, 4.69) is 27.9 Å².